The Morgan fingerprint density at radius 2 is 1.14 bits per heavy atom. The van der Waals surface area contributed by atoms with E-state index in [1.54, 1.807) is 0 Å². The smallest absolute Gasteiger partial charge is 0.314 e. The number of benzene rings is 1. The van der Waals surface area contributed by atoms with Gasteiger partial charge in [-0.05, 0) is 0 Å². The van der Waals surface area contributed by atoms with E-state index < -0.39 is 0 Å². The summed E-state index contributed by atoms with van der Waals surface area (Å²) in [6.07, 6.45) is 1.41. The average molecular weight is 292 g/mol. The Balaban J connectivity index is 3.50. The third kappa shape index (κ3) is 2.05. The van der Waals surface area contributed by atoms with Crippen molar-refractivity contribution in [1.29, 1.82) is 0 Å². The molecule has 0 aliphatic rings. The number of rotatable bonds is 2. The highest BCUT2D eigenvalue weighted by molar-refractivity contribution is 6.56. The van der Waals surface area contributed by atoms with Gasteiger partial charge in [-0.3, -0.25) is 4.79 Å². The van der Waals surface area contributed by atoms with Crippen molar-refractivity contribution in [3.63, 3.8) is 0 Å². The summed E-state index contributed by atoms with van der Waals surface area (Å²) >= 11 is 28.6. The van der Waals surface area contributed by atoms with Gasteiger partial charge in [0.05, 0.1) is 30.8 Å². The molecule has 0 bridgehead atoms. The molecule has 0 aliphatic heterocycles. The predicted molar refractivity (Wildman–Crippen MR) is 60.8 cm³/mol. The van der Waals surface area contributed by atoms with Crippen molar-refractivity contribution in [3.8, 4) is 0 Å². The van der Waals surface area contributed by atoms with E-state index in [1.807, 2.05) is 0 Å². The molecule has 1 amide bonds. The molecule has 0 unspecified atom stereocenters. The van der Waals surface area contributed by atoms with Crippen LogP contribution in [0.3, 0.4) is 0 Å². The standard InChI is InChI=1S/C7HCl5NO/c8-2-3(9)5(11)7(13-1-14)6(12)4(2)10/h(H,13,14). The molecule has 1 rings (SSSR count). The van der Waals surface area contributed by atoms with Crippen LogP contribution in [-0.2, 0) is 4.79 Å². The fourth-order valence-electron chi connectivity index (χ4n) is 0.766. The lowest BCUT2D eigenvalue weighted by atomic mass is 10.3. The first kappa shape index (κ1) is 12.2. The van der Waals surface area contributed by atoms with E-state index in [0.717, 1.165) is 0 Å². The topological polar surface area (TPSA) is 29.1 Å². The molecular weight excluding hydrogens is 291 g/mol. The Kier molecular flexibility index (Phi) is 4.16. The first-order valence-corrected chi connectivity index (χ1v) is 5.04. The Hall–Kier alpha value is 0.140. The quantitative estimate of drug-likeness (QED) is 0.487. The molecule has 0 fully saturated rings. The van der Waals surface area contributed by atoms with Crippen LogP contribution in [-0.4, -0.2) is 6.41 Å². The van der Waals surface area contributed by atoms with Crippen LogP contribution in [0.25, 0.3) is 0 Å². The van der Waals surface area contributed by atoms with E-state index >= 15 is 0 Å². The zero-order chi connectivity index (χ0) is 10.9. The molecule has 0 aliphatic carbocycles. The number of hydrogen-bond donors (Lipinski definition) is 1. The van der Waals surface area contributed by atoms with Gasteiger partial charge < -0.3 is 5.32 Å². The maximum atomic E-state index is 10.1. The molecule has 14 heavy (non-hydrogen) atoms. The molecule has 2 nitrogen and oxygen atoms in total. The van der Waals surface area contributed by atoms with Gasteiger partial charge >= 0.3 is 6.41 Å². The van der Waals surface area contributed by atoms with Gasteiger partial charge in [0.15, 0.2) is 0 Å². The van der Waals surface area contributed by atoms with Gasteiger partial charge in [0.1, 0.15) is 0 Å². The minimum atomic E-state index is 0.0226. The second-order valence-electron chi connectivity index (χ2n) is 2.17. The van der Waals surface area contributed by atoms with Crippen molar-refractivity contribution in [1.82, 2.24) is 0 Å². The van der Waals surface area contributed by atoms with Gasteiger partial charge in [0.25, 0.3) is 0 Å². The van der Waals surface area contributed by atoms with E-state index in [2.05, 4.69) is 5.32 Å². The zero-order valence-corrected chi connectivity index (χ0v) is 10.1. The van der Waals surface area contributed by atoms with Gasteiger partial charge in [-0.2, -0.15) is 0 Å². The van der Waals surface area contributed by atoms with Crippen LogP contribution < -0.4 is 5.32 Å². The van der Waals surface area contributed by atoms with Crippen molar-refractivity contribution in [2.24, 2.45) is 0 Å². The molecule has 1 radical (unpaired) electrons. The highest BCUT2D eigenvalue weighted by atomic mass is 35.5. The molecule has 1 aromatic carbocycles. The molecule has 1 aromatic rings. The Labute approximate surface area is 105 Å². The van der Waals surface area contributed by atoms with Gasteiger partial charge in [-0.1, -0.05) is 58.0 Å². The molecule has 0 aromatic heterocycles. The fraction of sp³-hybridized carbons (Fsp3) is 0. The molecule has 0 saturated heterocycles. The lowest BCUT2D eigenvalue weighted by Gasteiger charge is -2.10. The molecule has 75 valence electrons. The van der Waals surface area contributed by atoms with E-state index in [9.17, 15) is 4.79 Å². The average Bonchev–Trinajstić information content (AvgIpc) is 2.19. The lowest BCUT2D eigenvalue weighted by molar-refractivity contribution is 0.561. The molecule has 7 heteroatoms. The second kappa shape index (κ2) is 4.77. The van der Waals surface area contributed by atoms with Gasteiger partial charge in [-0.15, -0.1) is 0 Å². The Bertz CT molecular complexity index is 363. The maximum absolute atomic E-state index is 10.1. The molecule has 0 heterocycles. The number of halogens is 5. The van der Waals surface area contributed by atoms with Crippen LogP contribution in [0.1, 0.15) is 0 Å². The number of amides is 1. The summed E-state index contributed by atoms with van der Waals surface area (Å²) in [5.74, 6) is 0. The van der Waals surface area contributed by atoms with Crippen molar-refractivity contribution >= 4 is 70.1 Å². The first-order valence-electron chi connectivity index (χ1n) is 3.15. The molecule has 0 spiro atoms. The van der Waals surface area contributed by atoms with E-state index in [0.29, 0.717) is 0 Å². The Morgan fingerprint density at radius 3 is 1.50 bits per heavy atom. The van der Waals surface area contributed by atoms with Gasteiger partial charge in [0.2, 0.25) is 0 Å². The van der Waals surface area contributed by atoms with Crippen molar-refractivity contribution in [2.45, 2.75) is 0 Å². The zero-order valence-electron chi connectivity index (χ0n) is 6.30. The summed E-state index contributed by atoms with van der Waals surface area (Å²) in [6.45, 7) is 0. The first-order chi connectivity index (χ1) is 6.50. The van der Waals surface area contributed by atoms with Crippen LogP contribution in [0.15, 0.2) is 0 Å². The molecule has 1 N–H and O–H groups in total. The molecular formula is C7HCl5NO. The molecule has 0 atom stereocenters. The summed E-state index contributed by atoms with van der Waals surface area (Å²) in [5.41, 5.74) is 0.0859. The highest BCUT2D eigenvalue weighted by Gasteiger charge is 2.18. The normalized spacial score (nSPS) is 10.1. The summed E-state index contributed by atoms with van der Waals surface area (Å²) < 4.78 is 0. The fourth-order valence-corrected chi connectivity index (χ4v) is 2.00. The summed E-state index contributed by atoms with van der Waals surface area (Å²) in [4.78, 5) is 10.1. The van der Waals surface area contributed by atoms with Crippen LogP contribution in [0.5, 0.6) is 0 Å². The number of carbonyl (C=O) groups excluding carboxylic acids is 1. The number of nitrogens with one attached hydrogen (secondary N) is 1. The number of hydrogen-bond acceptors (Lipinski definition) is 1. The summed E-state index contributed by atoms with van der Waals surface area (Å²) in [7, 11) is 0. The minimum absolute atomic E-state index is 0.0226. The van der Waals surface area contributed by atoms with Crippen LogP contribution >= 0.6 is 58.0 Å². The van der Waals surface area contributed by atoms with Crippen molar-refractivity contribution < 1.29 is 4.79 Å². The van der Waals surface area contributed by atoms with E-state index in [1.165, 1.54) is 6.41 Å². The minimum Gasteiger partial charge on any atom is -0.315 e. The van der Waals surface area contributed by atoms with Crippen LogP contribution in [0, 0.1) is 0 Å². The predicted octanol–water partition coefficient (Wildman–Crippen LogP) is 4.43. The van der Waals surface area contributed by atoms with Crippen molar-refractivity contribution in [3.05, 3.63) is 25.1 Å². The van der Waals surface area contributed by atoms with Crippen molar-refractivity contribution in [2.75, 3.05) is 5.32 Å². The summed E-state index contributed by atoms with van der Waals surface area (Å²) in [5, 5.41) is 2.30. The molecule has 0 saturated carbocycles. The number of anilines is 1. The Morgan fingerprint density at radius 1 is 0.786 bits per heavy atom. The third-order valence-electron chi connectivity index (χ3n) is 1.39. The van der Waals surface area contributed by atoms with E-state index in [4.69, 9.17) is 58.0 Å². The van der Waals surface area contributed by atoms with Crippen LogP contribution in [0.2, 0.25) is 25.1 Å². The second-order valence-corrected chi connectivity index (χ2v) is 4.06. The van der Waals surface area contributed by atoms with Gasteiger partial charge in [0, 0.05) is 0 Å². The third-order valence-corrected chi connectivity index (χ3v) is 3.66. The highest BCUT2D eigenvalue weighted by Crippen LogP contribution is 2.46. The van der Waals surface area contributed by atoms with E-state index in [-0.39, 0.29) is 30.8 Å². The maximum Gasteiger partial charge on any atom is 0.314 e. The summed E-state index contributed by atoms with van der Waals surface area (Å²) in [6, 6.07) is 0. The monoisotopic (exact) mass is 290 g/mol. The van der Waals surface area contributed by atoms with Crippen LogP contribution in [0.4, 0.5) is 5.69 Å². The SMILES string of the molecule is O=[C]Nc1c(Cl)c(Cl)c(Cl)c(Cl)c1Cl. The largest absolute Gasteiger partial charge is 0.315 e. The lowest BCUT2D eigenvalue weighted by Crippen LogP contribution is -1.97. The van der Waals surface area contributed by atoms with Gasteiger partial charge in [-0.25, -0.2) is 0 Å².